The molecule has 0 aliphatic carbocycles. The van der Waals surface area contributed by atoms with Crippen LogP contribution in [0.3, 0.4) is 0 Å². The second kappa shape index (κ2) is 7.24. The third-order valence-electron chi connectivity index (χ3n) is 3.00. The quantitative estimate of drug-likeness (QED) is 0.677. The van der Waals surface area contributed by atoms with Crippen molar-refractivity contribution in [3.8, 4) is 5.75 Å². The van der Waals surface area contributed by atoms with E-state index in [-0.39, 0.29) is 5.91 Å². The number of hydrazone groups is 1. The molecule has 21 heavy (non-hydrogen) atoms. The van der Waals surface area contributed by atoms with Gasteiger partial charge in [-0.3, -0.25) is 4.79 Å². The highest BCUT2D eigenvalue weighted by atomic mass is 16.5. The highest BCUT2D eigenvalue weighted by molar-refractivity contribution is 5.83. The summed E-state index contributed by atoms with van der Waals surface area (Å²) >= 11 is 0. The van der Waals surface area contributed by atoms with Crippen molar-refractivity contribution >= 4 is 12.1 Å². The van der Waals surface area contributed by atoms with E-state index in [1.54, 1.807) is 13.3 Å². The molecule has 0 fully saturated rings. The number of benzene rings is 2. The van der Waals surface area contributed by atoms with Crippen LogP contribution < -0.4 is 10.2 Å². The summed E-state index contributed by atoms with van der Waals surface area (Å²) in [7, 11) is 1.62. The highest BCUT2D eigenvalue weighted by Gasteiger charge is 2.01. The second-order valence-electron chi connectivity index (χ2n) is 4.73. The normalized spacial score (nSPS) is 10.6. The lowest BCUT2D eigenvalue weighted by Crippen LogP contribution is -2.19. The van der Waals surface area contributed by atoms with Crippen molar-refractivity contribution in [1.29, 1.82) is 0 Å². The van der Waals surface area contributed by atoms with Crippen molar-refractivity contribution < 1.29 is 9.53 Å². The van der Waals surface area contributed by atoms with Gasteiger partial charge >= 0.3 is 0 Å². The number of carbonyl (C=O) groups excluding carboxylic acids is 1. The van der Waals surface area contributed by atoms with Gasteiger partial charge in [0.05, 0.1) is 19.7 Å². The molecule has 0 saturated carbocycles. The van der Waals surface area contributed by atoms with E-state index in [4.69, 9.17) is 4.74 Å². The van der Waals surface area contributed by atoms with Crippen molar-refractivity contribution in [1.82, 2.24) is 5.43 Å². The maximum Gasteiger partial charge on any atom is 0.244 e. The van der Waals surface area contributed by atoms with Gasteiger partial charge in [-0.15, -0.1) is 0 Å². The largest absolute Gasteiger partial charge is 0.497 e. The van der Waals surface area contributed by atoms with Gasteiger partial charge in [0.2, 0.25) is 5.91 Å². The maximum absolute atomic E-state index is 11.7. The summed E-state index contributed by atoms with van der Waals surface area (Å²) in [6, 6.07) is 15.3. The molecule has 1 amide bonds. The fourth-order valence-corrected chi connectivity index (χ4v) is 1.80. The molecule has 1 N–H and O–H groups in total. The Morgan fingerprint density at radius 3 is 2.43 bits per heavy atom. The topological polar surface area (TPSA) is 50.7 Å². The molecule has 0 atom stereocenters. The van der Waals surface area contributed by atoms with Gasteiger partial charge in [0.1, 0.15) is 5.75 Å². The first kappa shape index (κ1) is 14.8. The van der Waals surface area contributed by atoms with Crippen molar-refractivity contribution in [3.63, 3.8) is 0 Å². The lowest BCUT2D eigenvalue weighted by Gasteiger charge is -2.01. The predicted octanol–water partition coefficient (Wildman–Crippen LogP) is 2.70. The molecule has 0 radical (unpaired) electrons. The van der Waals surface area contributed by atoms with E-state index >= 15 is 0 Å². The number of ether oxygens (including phenoxy) is 1. The average molecular weight is 282 g/mol. The van der Waals surface area contributed by atoms with Crippen LogP contribution in [-0.4, -0.2) is 19.2 Å². The van der Waals surface area contributed by atoms with Gasteiger partial charge in [-0.25, -0.2) is 5.43 Å². The first-order chi connectivity index (χ1) is 10.2. The van der Waals surface area contributed by atoms with E-state index in [9.17, 15) is 4.79 Å². The molecule has 0 aromatic heterocycles. The number of hydrogen-bond acceptors (Lipinski definition) is 3. The smallest absolute Gasteiger partial charge is 0.244 e. The second-order valence-corrected chi connectivity index (χ2v) is 4.73. The summed E-state index contributed by atoms with van der Waals surface area (Å²) in [6.45, 7) is 2.02. The maximum atomic E-state index is 11.7. The fourth-order valence-electron chi connectivity index (χ4n) is 1.80. The molecule has 2 rings (SSSR count). The number of nitrogens with zero attached hydrogens (tertiary/aromatic N) is 1. The minimum atomic E-state index is -0.136. The number of aryl methyl sites for hydroxylation is 1. The van der Waals surface area contributed by atoms with Crippen LogP contribution in [0.1, 0.15) is 16.7 Å². The monoisotopic (exact) mass is 282 g/mol. The van der Waals surface area contributed by atoms with Crippen LogP contribution in [0, 0.1) is 6.92 Å². The predicted molar refractivity (Wildman–Crippen MR) is 83.6 cm³/mol. The average Bonchev–Trinajstić information content (AvgIpc) is 2.50. The molecule has 4 nitrogen and oxygen atoms in total. The van der Waals surface area contributed by atoms with Crippen molar-refractivity contribution in [2.75, 3.05) is 7.11 Å². The van der Waals surface area contributed by atoms with Gasteiger partial charge in [-0.1, -0.05) is 29.8 Å². The number of hydrogen-bond donors (Lipinski definition) is 1. The van der Waals surface area contributed by atoms with Gasteiger partial charge in [0.15, 0.2) is 0 Å². The zero-order chi connectivity index (χ0) is 15.1. The Balaban J connectivity index is 1.85. The Morgan fingerprint density at radius 2 is 1.81 bits per heavy atom. The first-order valence-corrected chi connectivity index (χ1v) is 6.69. The Kier molecular flexibility index (Phi) is 5.10. The summed E-state index contributed by atoms with van der Waals surface area (Å²) < 4.78 is 5.07. The van der Waals surface area contributed by atoms with E-state index < -0.39 is 0 Å². The Hall–Kier alpha value is -2.62. The zero-order valence-electron chi connectivity index (χ0n) is 12.2. The van der Waals surface area contributed by atoms with Gasteiger partial charge in [-0.05, 0) is 42.3 Å². The van der Waals surface area contributed by atoms with Crippen LogP contribution in [-0.2, 0) is 11.2 Å². The standard InChI is InChI=1S/C17H18N2O2/c1-13-3-5-14(6-4-13)11-17(20)19-18-12-15-7-9-16(21-2)10-8-15/h3-10,12H,11H2,1-2H3,(H,19,20)/b18-12+. The van der Waals surface area contributed by atoms with Gasteiger partial charge in [-0.2, -0.15) is 5.10 Å². The van der Waals surface area contributed by atoms with Crippen molar-refractivity contribution in [2.24, 2.45) is 5.10 Å². The van der Waals surface area contributed by atoms with Crippen LogP contribution >= 0.6 is 0 Å². The lowest BCUT2D eigenvalue weighted by atomic mass is 10.1. The van der Waals surface area contributed by atoms with E-state index in [0.29, 0.717) is 6.42 Å². The summed E-state index contributed by atoms with van der Waals surface area (Å²) in [5.74, 6) is 0.652. The molecule has 0 saturated heterocycles. The number of nitrogens with one attached hydrogen (secondary N) is 1. The molecular formula is C17H18N2O2. The summed E-state index contributed by atoms with van der Waals surface area (Å²) in [5, 5.41) is 3.95. The van der Waals surface area contributed by atoms with Crippen LogP contribution in [0.25, 0.3) is 0 Å². The number of rotatable bonds is 5. The molecule has 0 heterocycles. The van der Waals surface area contributed by atoms with Crippen LogP contribution in [0.5, 0.6) is 5.75 Å². The Morgan fingerprint density at radius 1 is 1.14 bits per heavy atom. The molecule has 2 aromatic rings. The lowest BCUT2D eigenvalue weighted by molar-refractivity contribution is -0.120. The minimum absolute atomic E-state index is 0.136. The molecule has 0 aliphatic rings. The first-order valence-electron chi connectivity index (χ1n) is 6.69. The Bertz CT molecular complexity index is 616. The molecule has 0 spiro atoms. The number of methoxy groups -OCH3 is 1. The number of amides is 1. The zero-order valence-corrected chi connectivity index (χ0v) is 12.2. The van der Waals surface area contributed by atoms with Crippen LogP contribution in [0.2, 0.25) is 0 Å². The molecule has 2 aromatic carbocycles. The molecule has 0 aliphatic heterocycles. The summed E-state index contributed by atoms with van der Waals surface area (Å²) in [6.07, 6.45) is 1.92. The van der Waals surface area contributed by atoms with Crippen molar-refractivity contribution in [2.45, 2.75) is 13.3 Å². The van der Waals surface area contributed by atoms with Crippen molar-refractivity contribution in [3.05, 3.63) is 65.2 Å². The molecule has 0 bridgehead atoms. The molecule has 0 unspecified atom stereocenters. The minimum Gasteiger partial charge on any atom is -0.497 e. The van der Waals surface area contributed by atoms with Gasteiger partial charge in [0.25, 0.3) is 0 Å². The van der Waals surface area contributed by atoms with E-state index in [0.717, 1.165) is 16.9 Å². The number of carbonyl (C=O) groups is 1. The molecular weight excluding hydrogens is 264 g/mol. The van der Waals surface area contributed by atoms with Gasteiger partial charge in [0, 0.05) is 0 Å². The molecule has 108 valence electrons. The Labute approximate surface area is 124 Å². The van der Waals surface area contributed by atoms with E-state index in [1.165, 1.54) is 5.56 Å². The van der Waals surface area contributed by atoms with E-state index in [2.05, 4.69) is 10.5 Å². The highest BCUT2D eigenvalue weighted by Crippen LogP contribution is 2.09. The molecule has 4 heteroatoms. The van der Waals surface area contributed by atoms with Crippen LogP contribution in [0.15, 0.2) is 53.6 Å². The third-order valence-corrected chi connectivity index (χ3v) is 3.00. The summed E-state index contributed by atoms with van der Waals surface area (Å²) in [4.78, 5) is 11.7. The van der Waals surface area contributed by atoms with Crippen LogP contribution in [0.4, 0.5) is 0 Å². The van der Waals surface area contributed by atoms with Gasteiger partial charge < -0.3 is 4.74 Å². The SMILES string of the molecule is COc1ccc(/C=N/NC(=O)Cc2ccc(C)cc2)cc1. The van der Waals surface area contributed by atoms with E-state index in [1.807, 2.05) is 55.5 Å². The third kappa shape index (κ3) is 4.76. The fraction of sp³-hybridized carbons (Fsp3) is 0.176. The summed E-state index contributed by atoms with van der Waals surface area (Å²) in [5.41, 5.74) is 5.56.